The van der Waals surface area contributed by atoms with Crippen LogP contribution < -0.4 is 16.2 Å². The number of carbonyl (C=O) groups excluding carboxylic acids is 2. The molecule has 184 valence electrons. The van der Waals surface area contributed by atoms with Crippen molar-refractivity contribution in [2.75, 3.05) is 19.6 Å². The average Bonchev–Trinajstić information content (AvgIpc) is 3.07. The highest BCUT2D eigenvalue weighted by Crippen LogP contribution is 2.41. The Bertz CT molecular complexity index is 1160. The summed E-state index contributed by atoms with van der Waals surface area (Å²) in [5.41, 5.74) is 0.120. The van der Waals surface area contributed by atoms with Crippen LogP contribution in [0.3, 0.4) is 0 Å². The van der Waals surface area contributed by atoms with Gasteiger partial charge in [-0.2, -0.15) is 13.2 Å². The summed E-state index contributed by atoms with van der Waals surface area (Å²) in [7, 11) is 0. The van der Waals surface area contributed by atoms with Gasteiger partial charge in [-0.25, -0.2) is 4.79 Å². The van der Waals surface area contributed by atoms with Gasteiger partial charge in [0.25, 0.3) is 5.91 Å². The molecule has 1 aromatic heterocycles. The van der Waals surface area contributed by atoms with Gasteiger partial charge < -0.3 is 25.5 Å². The lowest BCUT2D eigenvalue weighted by Crippen LogP contribution is -2.39. The highest BCUT2D eigenvalue weighted by Gasteiger charge is 2.49. The van der Waals surface area contributed by atoms with E-state index >= 15 is 0 Å². The van der Waals surface area contributed by atoms with E-state index in [0.717, 1.165) is 25.9 Å². The SMILES string of the molecule is O=C(NCC1CC2(CCNCC2)C(=O)O1)c1cc(=O)[nH]c2c(Br)cccc12.O=C(O)C(F)(F)F. The fourth-order valence-corrected chi connectivity index (χ4v) is 4.46. The van der Waals surface area contributed by atoms with Crippen molar-refractivity contribution in [2.24, 2.45) is 5.41 Å². The lowest BCUT2D eigenvalue weighted by atomic mass is 9.76. The number of carboxylic acid groups (broad SMARTS) is 1. The quantitative estimate of drug-likeness (QED) is 0.432. The minimum atomic E-state index is -5.08. The van der Waals surface area contributed by atoms with Crippen molar-refractivity contribution < 1.29 is 37.4 Å². The van der Waals surface area contributed by atoms with Crippen LogP contribution in [0.4, 0.5) is 13.2 Å². The van der Waals surface area contributed by atoms with Crippen LogP contribution in [0.1, 0.15) is 29.6 Å². The summed E-state index contributed by atoms with van der Waals surface area (Å²) in [6, 6.07) is 6.68. The number of ether oxygens (including phenoxy) is 1. The smallest absolute Gasteiger partial charge is 0.475 e. The third-order valence-electron chi connectivity index (χ3n) is 5.69. The molecule has 3 heterocycles. The van der Waals surface area contributed by atoms with E-state index in [1.54, 1.807) is 18.2 Å². The van der Waals surface area contributed by atoms with Gasteiger partial charge in [0.05, 0.1) is 23.0 Å². The van der Waals surface area contributed by atoms with E-state index in [1.807, 2.05) is 0 Å². The number of rotatable bonds is 3. The summed E-state index contributed by atoms with van der Waals surface area (Å²) in [6.07, 6.45) is -3.26. The topological polar surface area (TPSA) is 138 Å². The van der Waals surface area contributed by atoms with Gasteiger partial charge in [0.15, 0.2) is 0 Å². The number of alkyl halides is 3. The minimum absolute atomic E-state index is 0.159. The number of nitrogens with one attached hydrogen (secondary N) is 3. The second kappa shape index (κ2) is 10.1. The van der Waals surface area contributed by atoms with Crippen LogP contribution in [0.2, 0.25) is 0 Å². The highest BCUT2D eigenvalue weighted by atomic mass is 79.9. The number of aromatic amines is 1. The van der Waals surface area contributed by atoms with Gasteiger partial charge in [-0.1, -0.05) is 12.1 Å². The first-order valence-corrected chi connectivity index (χ1v) is 11.0. The number of carboxylic acids is 1. The van der Waals surface area contributed by atoms with E-state index in [9.17, 15) is 27.6 Å². The molecule has 34 heavy (non-hydrogen) atoms. The van der Waals surface area contributed by atoms with E-state index in [2.05, 4.69) is 31.5 Å². The number of hydrogen-bond donors (Lipinski definition) is 4. The van der Waals surface area contributed by atoms with Crippen LogP contribution >= 0.6 is 15.9 Å². The predicted molar refractivity (Wildman–Crippen MR) is 117 cm³/mol. The van der Waals surface area contributed by atoms with Crippen LogP contribution in [-0.2, 0) is 14.3 Å². The Morgan fingerprint density at radius 2 is 1.88 bits per heavy atom. The molecule has 2 aliphatic heterocycles. The Balaban J connectivity index is 0.000000406. The van der Waals surface area contributed by atoms with Gasteiger partial charge in [0.1, 0.15) is 6.10 Å². The Morgan fingerprint density at radius 3 is 2.50 bits per heavy atom. The lowest BCUT2D eigenvalue weighted by Gasteiger charge is -2.29. The number of H-pyrrole nitrogens is 1. The normalized spacial score (nSPS) is 19.3. The van der Waals surface area contributed by atoms with Crippen molar-refractivity contribution >= 4 is 44.7 Å². The van der Waals surface area contributed by atoms with Crippen molar-refractivity contribution in [3.8, 4) is 0 Å². The molecule has 0 bridgehead atoms. The molecule has 2 aliphatic rings. The third kappa shape index (κ3) is 5.76. The van der Waals surface area contributed by atoms with Crippen LogP contribution in [0.15, 0.2) is 33.5 Å². The summed E-state index contributed by atoms with van der Waals surface area (Å²) < 4.78 is 38.0. The molecule has 13 heteroatoms. The van der Waals surface area contributed by atoms with Crippen molar-refractivity contribution in [3.05, 3.63) is 44.7 Å². The maximum Gasteiger partial charge on any atom is 0.490 e. The number of cyclic esters (lactones) is 1. The summed E-state index contributed by atoms with van der Waals surface area (Å²) in [4.78, 5) is 48.6. The zero-order valence-corrected chi connectivity index (χ0v) is 19.2. The van der Waals surface area contributed by atoms with Crippen molar-refractivity contribution in [1.29, 1.82) is 0 Å². The van der Waals surface area contributed by atoms with E-state index in [4.69, 9.17) is 14.6 Å². The number of para-hydroxylation sites is 1. The van der Waals surface area contributed by atoms with E-state index < -0.39 is 17.6 Å². The fourth-order valence-electron chi connectivity index (χ4n) is 4.00. The third-order valence-corrected chi connectivity index (χ3v) is 6.35. The number of pyridine rings is 1. The first kappa shape index (κ1) is 25.7. The largest absolute Gasteiger partial charge is 0.490 e. The number of amides is 1. The summed E-state index contributed by atoms with van der Waals surface area (Å²) >= 11 is 3.39. The zero-order valence-electron chi connectivity index (χ0n) is 17.6. The fraction of sp³-hybridized carbons (Fsp3) is 0.429. The van der Waals surface area contributed by atoms with Gasteiger partial charge >= 0.3 is 18.1 Å². The zero-order chi connectivity index (χ0) is 25.1. The van der Waals surface area contributed by atoms with E-state index in [-0.39, 0.29) is 30.1 Å². The summed E-state index contributed by atoms with van der Waals surface area (Å²) in [5, 5.41) is 13.9. The Kier molecular flexibility index (Phi) is 7.66. The number of aliphatic carboxylic acids is 1. The molecule has 0 aliphatic carbocycles. The maximum atomic E-state index is 12.7. The number of esters is 1. The predicted octanol–water partition coefficient (Wildman–Crippen LogP) is 2.34. The highest BCUT2D eigenvalue weighted by molar-refractivity contribution is 9.10. The second-order valence-electron chi connectivity index (χ2n) is 7.98. The van der Waals surface area contributed by atoms with Gasteiger partial charge in [-0.05, 0) is 47.9 Å². The van der Waals surface area contributed by atoms with Gasteiger partial charge in [-0.15, -0.1) is 0 Å². The van der Waals surface area contributed by atoms with Crippen molar-refractivity contribution in [2.45, 2.75) is 31.5 Å². The number of piperidine rings is 1. The summed E-state index contributed by atoms with van der Waals surface area (Å²) in [5.74, 6) is -3.27. The molecule has 1 spiro atoms. The van der Waals surface area contributed by atoms with Crippen LogP contribution in [0.5, 0.6) is 0 Å². The maximum absolute atomic E-state index is 12.7. The van der Waals surface area contributed by atoms with Crippen molar-refractivity contribution in [1.82, 2.24) is 15.6 Å². The van der Waals surface area contributed by atoms with Crippen LogP contribution in [-0.4, -0.2) is 59.9 Å². The van der Waals surface area contributed by atoms with E-state index in [0.29, 0.717) is 27.4 Å². The molecule has 9 nitrogen and oxygen atoms in total. The molecule has 1 aromatic carbocycles. The monoisotopic (exact) mass is 547 g/mol. The molecular formula is C21H21BrF3N3O6. The Hall–Kier alpha value is -2.93. The molecule has 2 saturated heterocycles. The van der Waals surface area contributed by atoms with E-state index in [1.165, 1.54) is 6.07 Å². The average molecular weight is 548 g/mol. The Labute approximate surface area is 199 Å². The van der Waals surface area contributed by atoms with Crippen LogP contribution in [0, 0.1) is 5.41 Å². The lowest BCUT2D eigenvalue weighted by molar-refractivity contribution is -0.192. The molecule has 1 amide bonds. The Morgan fingerprint density at radius 1 is 1.24 bits per heavy atom. The van der Waals surface area contributed by atoms with Gasteiger partial charge in [0.2, 0.25) is 5.56 Å². The van der Waals surface area contributed by atoms with Gasteiger partial charge in [0, 0.05) is 22.3 Å². The number of carbonyl (C=O) groups is 3. The minimum Gasteiger partial charge on any atom is -0.475 e. The second-order valence-corrected chi connectivity index (χ2v) is 8.84. The number of fused-ring (bicyclic) bond motifs is 1. The molecule has 4 N–H and O–H groups in total. The molecule has 0 saturated carbocycles. The first-order valence-electron chi connectivity index (χ1n) is 10.2. The van der Waals surface area contributed by atoms with Crippen LogP contribution in [0.25, 0.3) is 10.9 Å². The molecule has 4 rings (SSSR count). The number of benzene rings is 1. The van der Waals surface area contributed by atoms with Crippen molar-refractivity contribution in [3.63, 3.8) is 0 Å². The number of halogens is 4. The summed E-state index contributed by atoms with van der Waals surface area (Å²) in [6.45, 7) is 1.85. The molecule has 2 aromatic rings. The molecular weight excluding hydrogens is 527 g/mol. The molecule has 1 unspecified atom stereocenters. The number of hydrogen-bond acceptors (Lipinski definition) is 6. The first-order chi connectivity index (χ1) is 15.9. The molecule has 1 atom stereocenters. The van der Waals surface area contributed by atoms with Gasteiger partial charge in [-0.3, -0.25) is 14.4 Å². The standard InChI is InChI=1S/C19H20BrN3O4.C2HF3O2/c20-14-3-1-2-12-13(8-15(24)23-16(12)14)17(25)22-10-11-9-19(18(26)27-11)4-6-21-7-5-19;3-2(4,5)1(6)7/h1-3,8,11,21H,4-7,9-10H2,(H,22,25)(H,23,24);(H,6,7). The molecule has 0 radical (unpaired) electrons. The molecule has 2 fully saturated rings. The number of aromatic nitrogens is 1.